The third-order valence-electron chi connectivity index (χ3n) is 3.54. The highest BCUT2D eigenvalue weighted by Crippen LogP contribution is 2.24. The van der Waals surface area contributed by atoms with E-state index in [-0.39, 0.29) is 6.61 Å². The highest BCUT2D eigenvalue weighted by atomic mass is 19.1. The van der Waals surface area contributed by atoms with Gasteiger partial charge in [-0.1, -0.05) is 12.1 Å². The van der Waals surface area contributed by atoms with Gasteiger partial charge in [-0.3, -0.25) is 4.98 Å². The molecule has 0 radical (unpaired) electrons. The van der Waals surface area contributed by atoms with Gasteiger partial charge in [0.05, 0.1) is 22.9 Å². The number of nitrogens with zero attached hydrogens (tertiary/aromatic N) is 3. The maximum Gasteiger partial charge on any atom is 0.123 e. The molecule has 0 spiro atoms. The predicted octanol–water partition coefficient (Wildman–Crippen LogP) is 3.71. The second kappa shape index (κ2) is 6.60. The molecule has 3 rings (SSSR count). The molecule has 0 fully saturated rings. The van der Waals surface area contributed by atoms with Gasteiger partial charge in [-0.25, -0.2) is 9.37 Å². The van der Waals surface area contributed by atoms with E-state index >= 15 is 0 Å². The molecule has 0 aliphatic heterocycles. The largest absolute Gasteiger partial charge is 0.491 e. The Kier molecular flexibility index (Phi) is 4.37. The van der Waals surface area contributed by atoms with Gasteiger partial charge in [-0.05, 0) is 24.3 Å². The lowest BCUT2D eigenvalue weighted by molar-refractivity contribution is 0.273. The maximum absolute atomic E-state index is 12.2. The van der Waals surface area contributed by atoms with Crippen LogP contribution in [-0.4, -0.2) is 37.3 Å². The zero-order chi connectivity index (χ0) is 16.2. The molecule has 1 aromatic heterocycles. The van der Waals surface area contributed by atoms with Crippen LogP contribution < -0.4 is 9.64 Å². The number of ether oxygens (including phenoxy) is 1. The molecule has 0 saturated heterocycles. The van der Waals surface area contributed by atoms with Crippen molar-refractivity contribution in [2.75, 3.05) is 32.3 Å². The molecule has 1 heterocycles. The van der Waals surface area contributed by atoms with Crippen LogP contribution in [0.4, 0.5) is 10.1 Å². The van der Waals surface area contributed by atoms with Gasteiger partial charge in [0.1, 0.15) is 19.0 Å². The first kappa shape index (κ1) is 15.2. The number of fused-ring (bicyclic) bond motifs is 1. The number of benzene rings is 2. The van der Waals surface area contributed by atoms with Gasteiger partial charge in [0, 0.05) is 31.4 Å². The molecule has 0 saturated carbocycles. The van der Waals surface area contributed by atoms with Crippen LogP contribution in [-0.2, 0) is 0 Å². The first-order valence-corrected chi connectivity index (χ1v) is 7.41. The van der Waals surface area contributed by atoms with Gasteiger partial charge in [0.2, 0.25) is 0 Å². The van der Waals surface area contributed by atoms with E-state index < -0.39 is 6.67 Å². The molecule has 4 nitrogen and oxygen atoms in total. The van der Waals surface area contributed by atoms with Gasteiger partial charge in [0.25, 0.3) is 0 Å². The van der Waals surface area contributed by atoms with Crippen LogP contribution in [0.3, 0.4) is 0 Å². The van der Waals surface area contributed by atoms with E-state index in [0.717, 1.165) is 28.0 Å². The van der Waals surface area contributed by atoms with Crippen LogP contribution in [0.2, 0.25) is 0 Å². The summed E-state index contributed by atoms with van der Waals surface area (Å²) in [6.45, 7) is -0.458. The van der Waals surface area contributed by atoms with E-state index in [1.165, 1.54) is 0 Å². The third-order valence-corrected chi connectivity index (χ3v) is 3.54. The zero-order valence-electron chi connectivity index (χ0n) is 13.2. The smallest absolute Gasteiger partial charge is 0.123 e. The highest BCUT2D eigenvalue weighted by molar-refractivity contribution is 5.78. The summed E-state index contributed by atoms with van der Waals surface area (Å²) >= 11 is 0. The number of aromatic nitrogens is 2. The maximum atomic E-state index is 12.2. The molecule has 0 aliphatic rings. The summed E-state index contributed by atoms with van der Waals surface area (Å²) in [7, 11) is 4.01. The minimum absolute atomic E-state index is 0.0508. The molecule has 118 valence electrons. The number of alkyl halides is 1. The fourth-order valence-electron chi connectivity index (χ4n) is 2.31. The quantitative estimate of drug-likeness (QED) is 0.720. The van der Waals surface area contributed by atoms with Crippen molar-refractivity contribution in [2.24, 2.45) is 0 Å². The molecule has 0 amide bonds. The van der Waals surface area contributed by atoms with Crippen LogP contribution in [0.5, 0.6) is 5.75 Å². The van der Waals surface area contributed by atoms with Crippen LogP contribution >= 0.6 is 0 Å². The van der Waals surface area contributed by atoms with E-state index in [2.05, 4.69) is 27.0 Å². The Balaban J connectivity index is 1.90. The number of hydrogen-bond acceptors (Lipinski definition) is 4. The number of anilines is 1. The first-order chi connectivity index (χ1) is 11.2. The Morgan fingerprint density at radius 1 is 1.04 bits per heavy atom. The molecule has 0 N–H and O–H groups in total. The second-order valence-corrected chi connectivity index (χ2v) is 5.38. The van der Waals surface area contributed by atoms with E-state index in [1.54, 1.807) is 18.3 Å². The normalized spacial score (nSPS) is 10.7. The minimum Gasteiger partial charge on any atom is -0.491 e. The third kappa shape index (κ3) is 3.39. The van der Waals surface area contributed by atoms with Crippen molar-refractivity contribution in [3.8, 4) is 17.0 Å². The highest BCUT2D eigenvalue weighted by Gasteiger charge is 2.05. The van der Waals surface area contributed by atoms with Gasteiger partial charge in [-0.15, -0.1) is 0 Å². The number of rotatable bonds is 5. The van der Waals surface area contributed by atoms with E-state index in [1.807, 2.05) is 32.3 Å². The van der Waals surface area contributed by atoms with E-state index in [4.69, 9.17) is 4.74 Å². The summed E-state index contributed by atoms with van der Waals surface area (Å²) in [5.74, 6) is 0.604. The lowest BCUT2D eigenvalue weighted by atomic mass is 10.1. The van der Waals surface area contributed by atoms with Crippen LogP contribution in [0.15, 0.2) is 48.7 Å². The predicted molar refractivity (Wildman–Crippen MR) is 90.8 cm³/mol. The molecule has 0 bridgehead atoms. The van der Waals surface area contributed by atoms with Crippen molar-refractivity contribution in [3.05, 3.63) is 48.7 Å². The molecule has 0 atom stereocenters. The Morgan fingerprint density at radius 3 is 2.52 bits per heavy atom. The van der Waals surface area contributed by atoms with E-state index in [9.17, 15) is 4.39 Å². The van der Waals surface area contributed by atoms with Crippen LogP contribution in [0.25, 0.3) is 22.3 Å². The molecule has 5 heteroatoms. The van der Waals surface area contributed by atoms with Crippen molar-refractivity contribution in [2.45, 2.75) is 0 Å². The topological polar surface area (TPSA) is 38.2 Å². The summed E-state index contributed by atoms with van der Waals surface area (Å²) < 4.78 is 17.4. The average molecular weight is 311 g/mol. The monoisotopic (exact) mass is 311 g/mol. The molecule has 23 heavy (non-hydrogen) atoms. The van der Waals surface area contributed by atoms with Crippen molar-refractivity contribution in [3.63, 3.8) is 0 Å². The van der Waals surface area contributed by atoms with Gasteiger partial charge < -0.3 is 9.64 Å². The molecule has 0 aliphatic carbocycles. The Morgan fingerprint density at radius 2 is 1.83 bits per heavy atom. The van der Waals surface area contributed by atoms with Crippen molar-refractivity contribution < 1.29 is 9.13 Å². The number of hydrogen-bond donors (Lipinski definition) is 0. The zero-order valence-corrected chi connectivity index (χ0v) is 13.2. The molecular weight excluding hydrogens is 293 g/mol. The van der Waals surface area contributed by atoms with Crippen molar-refractivity contribution in [1.29, 1.82) is 0 Å². The Bertz CT molecular complexity index is 803. The number of halogens is 1. The molecular formula is C18H18FN3O. The van der Waals surface area contributed by atoms with Gasteiger partial charge in [-0.2, -0.15) is 0 Å². The lowest BCUT2D eigenvalue weighted by Gasteiger charge is -2.12. The second-order valence-electron chi connectivity index (χ2n) is 5.38. The first-order valence-electron chi connectivity index (χ1n) is 7.41. The summed E-state index contributed by atoms with van der Waals surface area (Å²) in [6.07, 6.45) is 1.74. The summed E-state index contributed by atoms with van der Waals surface area (Å²) in [4.78, 5) is 11.1. The Labute approximate surface area is 134 Å². The summed E-state index contributed by atoms with van der Waals surface area (Å²) in [5.41, 5.74) is 4.49. The SMILES string of the molecule is CN(C)c1ccc(-c2cnc3cc(OCCF)ccc3n2)cc1. The van der Waals surface area contributed by atoms with Crippen molar-refractivity contribution >= 4 is 16.7 Å². The van der Waals surface area contributed by atoms with Crippen LogP contribution in [0.1, 0.15) is 0 Å². The molecule has 3 aromatic rings. The fraction of sp³-hybridized carbons (Fsp3) is 0.222. The Hall–Kier alpha value is -2.69. The fourth-order valence-corrected chi connectivity index (χ4v) is 2.31. The molecule has 0 unspecified atom stereocenters. The summed E-state index contributed by atoms with van der Waals surface area (Å²) in [5, 5.41) is 0. The standard InChI is InChI=1S/C18H18FN3O/c1-22(2)14-5-3-13(4-6-14)18-12-20-17-11-15(23-10-9-19)7-8-16(17)21-18/h3-8,11-12H,9-10H2,1-2H3. The van der Waals surface area contributed by atoms with Crippen molar-refractivity contribution in [1.82, 2.24) is 9.97 Å². The minimum atomic E-state index is -0.508. The van der Waals surface area contributed by atoms with Gasteiger partial charge >= 0.3 is 0 Å². The summed E-state index contributed by atoms with van der Waals surface area (Å²) in [6, 6.07) is 13.6. The lowest BCUT2D eigenvalue weighted by Crippen LogP contribution is -2.07. The molecule has 2 aromatic carbocycles. The van der Waals surface area contributed by atoms with Crippen LogP contribution in [0, 0.1) is 0 Å². The van der Waals surface area contributed by atoms with Gasteiger partial charge in [0.15, 0.2) is 0 Å². The van der Waals surface area contributed by atoms with E-state index in [0.29, 0.717) is 5.75 Å². The average Bonchev–Trinajstić information content (AvgIpc) is 2.59.